The van der Waals surface area contributed by atoms with Crippen molar-refractivity contribution in [1.82, 2.24) is 0 Å². The molecule has 0 aliphatic rings. The molecular formula is C7H18O3P2S. The van der Waals surface area contributed by atoms with Gasteiger partial charge in [0.05, 0.1) is 20.8 Å². The zero-order valence-electron chi connectivity index (χ0n) is 9.36. The van der Waals surface area contributed by atoms with Gasteiger partial charge in [-0.3, -0.25) is 0 Å². The Bertz CT molecular complexity index is 188. The molecule has 0 saturated heterocycles. The van der Waals surface area contributed by atoms with Crippen LogP contribution in [0.25, 0.3) is 0 Å². The lowest BCUT2D eigenvalue weighted by Crippen LogP contribution is -1.92. The molecule has 0 aromatic heterocycles. The molecule has 0 amide bonds. The second-order valence-electron chi connectivity index (χ2n) is 2.05. The summed E-state index contributed by atoms with van der Waals surface area (Å²) in [4.78, 5) is 0. The molecule has 0 aromatic rings. The van der Waals surface area contributed by atoms with Gasteiger partial charge in [-0.05, 0) is 20.8 Å². The molecule has 0 rings (SSSR count). The van der Waals surface area contributed by atoms with E-state index in [4.69, 9.17) is 26.9 Å². The van der Waals surface area contributed by atoms with Crippen LogP contribution in [0.5, 0.6) is 0 Å². The van der Waals surface area contributed by atoms with Crippen molar-refractivity contribution in [2.75, 3.05) is 26.2 Å². The highest BCUT2D eigenvalue weighted by atomic mass is 32.6. The Morgan fingerprint density at radius 1 is 1.23 bits per heavy atom. The fraction of sp³-hybridized carbons (Fsp3) is 1.00. The second-order valence-corrected chi connectivity index (χ2v) is 8.56. The summed E-state index contributed by atoms with van der Waals surface area (Å²) >= 11 is 5.19. The van der Waals surface area contributed by atoms with Crippen molar-refractivity contribution in [3.63, 3.8) is 0 Å². The molecular weight excluding hydrogens is 226 g/mol. The van der Waals surface area contributed by atoms with Gasteiger partial charge in [0, 0.05) is 12.9 Å². The molecule has 0 aliphatic heterocycles. The molecule has 0 fully saturated rings. The van der Waals surface area contributed by atoms with Crippen LogP contribution < -0.4 is 0 Å². The van der Waals surface area contributed by atoms with Crippen LogP contribution in [-0.2, 0) is 25.6 Å². The van der Waals surface area contributed by atoms with Crippen LogP contribution in [0.1, 0.15) is 20.8 Å². The predicted molar refractivity (Wildman–Crippen MR) is 62.3 cm³/mol. The minimum Gasteiger partial charge on any atom is -0.376 e. The average molecular weight is 246 g/mol. The Morgan fingerprint density at radius 2 is 1.77 bits per heavy atom. The number of hydrogen-bond donors (Lipinski definition) is 0. The monoisotopic (exact) mass is 246 g/mol. The highest BCUT2D eigenvalue weighted by Crippen LogP contribution is 2.62. The Morgan fingerprint density at radius 3 is 2.15 bits per heavy atom. The summed E-state index contributed by atoms with van der Waals surface area (Å²) in [6.45, 7) is 7.30. The van der Waals surface area contributed by atoms with Crippen molar-refractivity contribution in [1.29, 1.82) is 1.28 Å². The summed E-state index contributed by atoms with van der Waals surface area (Å²) in [5.41, 5.74) is 0. The summed E-state index contributed by atoms with van der Waals surface area (Å²) in [6, 6.07) is 0. The first-order valence-corrected chi connectivity index (χ1v) is 8.76. The molecule has 0 bridgehead atoms. The third kappa shape index (κ3) is 6.96. The third-order valence-corrected chi connectivity index (χ3v) is 6.44. The Kier molecular flexibility index (Phi) is 8.80. The lowest BCUT2D eigenvalue weighted by atomic mass is 10.9. The molecule has 0 aromatic carbocycles. The summed E-state index contributed by atoms with van der Waals surface area (Å²) in [5.74, 6) is 0. The van der Waals surface area contributed by atoms with Crippen LogP contribution in [0.3, 0.4) is 0 Å². The maximum Gasteiger partial charge on any atom is 0.204 e. The topological polar surface area (TPSA) is 27.7 Å². The lowest BCUT2D eigenvalue weighted by Gasteiger charge is -2.17. The average Bonchev–Trinajstić information content (AvgIpc) is 2.14. The minimum absolute atomic E-state index is 0.282. The van der Waals surface area contributed by atoms with E-state index in [1.54, 1.807) is 0 Å². The van der Waals surface area contributed by atoms with Gasteiger partial charge in [0.1, 0.15) is 0 Å². The second kappa shape index (κ2) is 9.51. The Balaban J connectivity index is 4.21. The van der Waals surface area contributed by atoms with E-state index < -0.39 is 14.4 Å². The van der Waals surface area contributed by atoms with E-state index in [1.807, 2.05) is 20.8 Å². The van der Waals surface area contributed by atoms with E-state index in [9.17, 15) is 0 Å². The highest BCUT2D eigenvalue weighted by Gasteiger charge is 2.13. The van der Waals surface area contributed by atoms with Crippen molar-refractivity contribution in [2.24, 2.45) is 0 Å². The standard InChI is InChI=1S/C7H18O3P2S/c1-4-8-7-11(13)12(9-5-2)10-6-3/h11H,4-7H2,1-3H3/i11T. The number of rotatable bonds is 8. The van der Waals surface area contributed by atoms with Gasteiger partial charge in [0.15, 0.2) is 0 Å². The van der Waals surface area contributed by atoms with E-state index in [2.05, 4.69) is 0 Å². The van der Waals surface area contributed by atoms with Crippen LogP contribution in [0, 0.1) is 0 Å². The lowest BCUT2D eigenvalue weighted by molar-refractivity contribution is 0.197. The van der Waals surface area contributed by atoms with E-state index in [-0.39, 0.29) is 6.35 Å². The molecule has 80 valence electrons. The molecule has 3 nitrogen and oxygen atoms in total. The Labute approximate surface area is 88.7 Å². The first-order valence-electron chi connectivity index (χ1n) is 4.79. The molecule has 6 heteroatoms. The summed E-state index contributed by atoms with van der Waals surface area (Å²) in [7, 11) is -1.25. The van der Waals surface area contributed by atoms with Gasteiger partial charge in [0.25, 0.3) is 0 Å². The highest BCUT2D eigenvalue weighted by molar-refractivity contribution is 8.41. The zero-order valence-corrected chi connectivity index (χ0v) is 11.0. The summed E-state index contributed by atoms with van der Waals surface area (Å²) in [5, 5.41) is 0. The molecule has 1 unspecified atom stereocenters. The Hall–Kier alpha value is 0.960. The van der Waals surface area contributed by atoms with E-state index in [1.165, 1.54) is 0 Å². The van der Waals surface area contributed by atoms with Gasteiger partial charge in [-0.2, -0.15) is 0 Å². The van der Waals surface area contributed by atoms with Gasteiger partial charge in [-0.25, -0.2) is 0 Å². The van der Waals surface area contributed by atoms with Gasteiger partial charge < -0.3 is 13.8 Å². The molecule has 13 heavy (non-hydrogen) atoms. The van der Waals surface area contributed by atoms with Gasteiger partial charge in [-0.15, -0.1) is 0 Å². The van der Waals surface area contributed by atoms with E-state index in [0.717, 1.165) is 0 Å². The van der Waals surface area contributed by atoms with Crippen LogP contribution >= 0.6 is 14.4 Å². The van der Waals surface area contributed by atoms with Crippen molar-refractivity contribution < 1.29 is 13.8 Å². The first kappa shape index (κ1) is 12.0. The fourth-order valence-corrected chi connectivity index (χ4v) is 4.88. The molecule has 0 aliphatic carbocycles. The first-order chi connectivity index (χ1) is 6.58. The van der Waals surface area contributed by atoms with Crippen LogP contribution in [0.15, 0.2) is 0 Å². The number of ether oxygens (including phenoxy) is 1. The smallest absolute Gasteiger partial charge is 0.204 e. The number of hydrogen-bond acceptors (Lipinski definition) is 4. The third-order valence-electron chi connectivity index (χ3n) is 1.07. The molecule has 0 heterocycles. The normalized spacial score (nSPS) is 17.1. The van der Waals surface area contributed by atoms with Crippen molar-refractivity contribution in [2.45, 2.75) is 20.8 Å². The van der Waals surface area contributed by atoms with E-state index in [0.29, 0.717) is 19.8 Å². The van der Waals surface area contributed by atoms with Crippen molar-refractivity contribution >= 4 is 26.2 Å². The van der Waals surface area contributed by atoms with Crippen LogP contribution in [0.2, 0.25) is 0 Å². The van der Waals surface area contributed by atoms with Crippen LogP contribution in [0.4, 0.5) is 0 Å². The quantitative estimate of drug-likeness (QED) is 0.615. The summed E-state index contributed by atoms with van der Waals surface area (Å²) < 4.78 is 23.9. The zero-order chi connectivity index (χ0) is 11.0. The van der Waals surface area contributed by atoms with E-state index >= 15 is 0 Å². The summed E-state index contributed by atoms with van der Waals surface area (Å²) in [6.07, 6.45) is -2.09. The maximum atomic E-state index is 7.97. The van der Waals surface area contributed by atoms with Gasteiger partial charge >= 0.3 is 0 Å². The molecule has 0 spiro atoms. The van der Waals surface area contributed by atoms with Gasteiger partial charge in [0.2, 0.25) is 8.06 Å². The maximum absolute atomic E-state index is 7.97. The predicted octanol–water partition coefficient (Wildman–Crippen LogP) is 2.96. The molecule has 0 N–H and O–H groups in total. The SMILES string of the molecule is [3H]P(=S)(COCC)P(OCC)OCC. The molecule has 1 atom stereocenters. The van der Waals surface area contributed by atoms with Crippen molar-refractivity contribution in [3.8, 4) is 0 Å². The molecule has 0 saturated carbocycles. The van der Waals surface area contributed by atoms with Crippen molar-refractivity contribution in [3.05, 3.63) is 0 Å². The van der Waals surface area contributed by atoms with Gasteiger partial charge in [-0.1, -0.05) is 11.8 Å². The fourth-order valence-electron chi connectivity index (χ4n) is 0.603. The minimum atomic E-state index is -2.37. The van der Waals surface area contributed by atoms with Crippen LogP contribution in [-0.4, -0.2) is 27.4 Å². The largest absolute Gasteiger partial charge is 0.376 e. The molecule has 0 radical (unpaired) electrons.